The predicted octanol–water partition coefficient (Wildman–Crippen LogP) is 3.21. The number of hydrogen-bond donors (Lipinski definition) is 1. The monoisotopic (exact) mass is 237 g/mol. The second-order valence-electron chi connectivity index (χ2n) is 5.82. The highest BCUT2D eigenvalue weighted by molar-refractivity contribution is 4.99. The molecule has 1 heterocycles. The van der Waals surface area contributed by atoms with Gasteiger partial charge in [-0.05, 0) is 32.8 Å². The van der Waals surface area contributed by atoms with E-state index in [1.807, 2.05) is 0 Å². The SMILES string of the molecule is CCC(CC)Cn1ccc(CNC(C)(C)C)n1. The van der Waals surface area contributed by atoms with Gasteiger partial charge in [0.15, 0.2) is 0 Å². The molecule has 0 aliphatic carbocycles. The molecule has 3 nitrogen and oxygen atoms in total. The molecule has 0 saturated heterocycles. The molecule has 0 unspecified atom stereocenters. The number of nitrogens with one attached hydrogen (secondary N) is 1. The normalized spacial score (nSPS) is 12.4. The zero-order chi connectivity index (χ0) is 12.9. The van der Waals surface area contributed by atoms with Gasteiger partial charge in [0.1, 0.15) is 0 Å². The zero-order valence-corrected chi connectivity index (χ0v) is 12.0. The molecule has 0 aliphatic rings. The third-order valence-electron chi connectivity index (χ3n) is 3.10. The van der Waals surface area contributed by atoms with Crippen LogP contribution in [0.2, 0.25) is 0 Å². The van der Waals surface area contributed by atoms with Gasteiger partial charge in [0.05, 0.1) is 5.69 Å². The van der Waals surface area contributed by atoms with E-state index in [-0.39, 0.29) is 5.54 Å². The van der Waals surface area contributed by atoms with Crippen LogP contribution >= 0.6 is 0 Å². The minimum Gasteiger partial charge on any atom is -0.306 e. The molecule has 0 atom stereocenters. The van der Waals surface area contributed by atoms with Crippen LogP contribution in [-0.2, 0) is 13.1 Å². The summed E-state index contributed by atoms with van der Waals surface area (Å²) in [4.78, 5) is 0. The Morgan fingerprint density at radius 1 is 1.29 bits per heavy atom. The topological polar surface area (TPSA) is 29.9 Å². The summed E-state index contributed by atoms with van der Waals surface area (Å²) in [6.07, 6.45) is 4.55. The standard InChI is InChI=1S/C14H27N3/c1-6-12(7-2)11-17-9-8-13(16-17)10-15-14(3,4)5/h8-9,12,15H,6-7,10-11H2,1-5H3. The van der Waals surface area contributed by atoms with Gasteiger partial charge >= 0.3 is 0 Å². The molecule has 1 aromatic heterocycles. The Morgan fingerprint density at radius 2 is 1.94 bits per heavy atom. The van der Waals surface area contributed by atoms with Crippen molar-refractivity contribution >= 4 is 0 Å². The molecule has 0 spiro atoms. The highest BCUT2D eigenvalue weighted by Crippen LogP contribution is 2.10. The van der Waals surface area contributed by atoms with Gasteiger partial charge in [-0.1, -0.05) is 26.7 Å². The van der Waals surface area contributed by atoms with Gasteiger partial charge < -0.3 is 5.32 Å². The lowest BCUT2D eigenvalue weighted by atomic mass is 10.0. The summed E-state index contributed by atoms with van der Waals surface area (Å²) in [7, 11) is 0. The minimum absolute atomic E-state index is 0.152. The van der Waals surface area contributed by atoms with E-state index in [0.29, 0.717) is 0 Å². The number of nitrogens with zero attached hydrogens (tertiary/aromatic N) is 2. The molecule has 1 aromatic rings. The van der Waals surface area contributed by atoms with Crippen LogP contribution in [0.15, 0.2) is 12.3 Å². The average Bonchev–Trinajstić information content (AvgIpc) is 2.70. The van der Waals surface area contributed by atoms with Crippen molar-refractivity contribution in [2.45, 2.75) is 66.1 Å². The van der Waals surface area contributed by atoms with Crippen molar-refractivity contribution in [1.82, 2.24) is 15.1 Å². The molecule has 0 bridgehead atoms. The largest absolute Gasteiger partial charge is 0.306 e. The average molecular weight is 237 g/mol. The molecule has 0 amide bonds. The molecule has 0 aliphatic heterocycles. The summed E-state index contributed by atoms with van der Waals surface area (Å²) in [5.41, 5.74) is 1.28. The predicted molar refractivity (Wildman–Crippen MR) is 72.9 cm³/mol. The summed E-state index contributed by atoms with van der Waals surface area (Å²) in [6.45, 7) is 12.9. The molecule has 98 valence electrons. The zero-order valence-electron chi connectivity index (χ0n) is 12.0. The van der Waals surface area contributed by atoms with Crippen LogP contribution in [0.3, 0.4) is 0 Å². The first-order valence-electron chi connectivity index (χ1n) is 6.72. The molecule has 17 heavy (non-hydrogen) atoms. The first kappa shape index (κ1) is 14.2. The molecule has 0 radical (unpaired) electrons. The van der Waals surface area contributed by atoms with Crippen LogP contribution in [0.25, 0.3) is 0 Å². The van der Waals surface area contributed by atoms with Gasteiger partial charge in [0, 0.05) is 24.8 Å². The van der Waals surface area contributed by atoms with Gasteiger partial charge in [-0.15, -0.1) is 0 Å². The first-order chi connectivity index (χ1) is 7.94. The van der Waals surface area contributed by atoms with E-state index in [2.05, 4.69) is 62.0 Å². The van der Waals surface area contributed by atoms with Crippen LogP contribution in [0.4, 0.5) is 0 Å². The molecule has 0 saturated carbocycles. The molecular weight excluding hydrogens is 210 g/mol. The Morgan fingerprint density at radius 3 is 2.47 bits per heavy atom. The number of hydrogen-bond acceptors (Lipinski definition) is 2. The lowest BCUT2D eigenvalue weighted by Gasteiger charge is -2.19. The highest BCUT2D eigenvalue weighted by atomic mass is 15.3. The van der Waals surface area contributed by atoms with Crippen molar-refractivity contribution in [3.05, 3.63) is 18.0 Å². The second kappa shape index (κ2) is 6.20. The van der Waals surface area contributed by atoms with Crippen molar-refractivity contribution in [3.63, 3.8) is 0 Å². The summed E-state index contributed by atoms with van der Waals surface area (Å²) in [6, 6.07) is 2.11. The van der Waals surface area contributed by atoms with Crippen molar-refractivity contribution in [2.75, 3.05) is 0 Å². The van der Waals surface area contributed by atoms with E-state index >= 15 is 0 Å². The minimum atomic E-state index is 0.152. The van der Waals surface area contributed by atoms with Crippen molar-refractivity contribution < 1.29 is 0 Å². The van der Waals surface area contributed by atoms with Gasteiger partial charge in [-0.2, -0.15) is 5.10 Å². The summed E-state index contributed by atoms with van der Waals surface area (Å²) < 4.78 is 2.08. The Kier molecular flexibility index (Phi) is 5.19. The third kappa shape index (κ3) is 5.35. The third-order valence-corrected chi connectivity index (χ3v) is 3.10. The first-order valence-corrected chi connectivity index (χ1v) is 6.72. The Bertz CT molecular complexity index is 318. The maximum Gasteiger partial charge on any atom is 0.0762 e. The Balaban J connectivity index is 2.48. The Labute approximate surface area is 106 Å². The van der Waals surface area contributed by atoms with Crippen molar-refractivity contribution in [2.24, 2.45) is 5.92 Å². The maximum absolute atomic E-state index is 4.60. The second-order valence-corrected chi connectivity index (χ2v) is 5.82. The van der Waals surface area contributed by atoms with Crippen molar-refractivity contribution in [1.29, 1.82) is 0 Å². The fourth-order valence-electron chi connectivity index (χ4n) is 1.77. The van der Waals surface area contributed by atoms with Crippen LogP contribution in [-0.4, -0.2) is 15.3 Å². The number of rotatable bonds is 6. The van der Waals surface area contributed by atoms with E-state index in [0.717, 1.165) is 24.7 Å². The highest BCUT2D eigenvalue weighted by Gasteiger charge is 2.10. The van der Waals surface area contributed by atoms with Gasteiger partial charge in [0.25, 0.3) is 0 Å². The molecular formula is C14H27N3. The van der Waals surface area contributed by atoms with E-state index in [1.54, 1.807) is 0 Å². The molecule has 0 aromatic carbocycles. The lowest BCUT2D eigenvalue weighted by molar-refractivity contribution is 0.388. The molecule has 3 heteroatoms. The van der Waals surface area contributed by atoms with Crippen LogP contribution < -0.4 is 5.32 Å². The summed E-state index contributed by atoms with van der Waals surface area (Å²) in [5, 5.41) is 8.06. The van der Waals surface area contributed by atoms with Crippen LogP contribution in [0.1, 0.15) is 53.2 Å². The fraction of sp³-hybridized carbons (Fsp3) is 0.786. The quantitative estimate of drug-likeness (QED) is 0.823. The summed E-state index contributed by atoms with van der Waals surface area (Å²) >= 11 is 0. The lowest BCUT2D eigenvalue weighted by Crippen LogP contribution is -2.35. The van der Waals surface area contributed by atoms with Gasteiger partial charge in [0.2, 0.25) is 0 Å². The number of aromatic nitrogens is 2. The van der Waals surface area contributed by atoms with E-state index < -0.39 is 0 Å². The van der Waals surface area contributed by atoms with Crippen LogP contribution in [0.5, 0.6) is 0 Å². The molecule has 0 fully saturated rings. The maximum atomic E-state index is 4.60. The van der Waals surface area contributed by atoms with E-state index in [4.69, 9.17) is 0 Å². The van der Waals surface area contributed by atoms with E-state index in [9.17, 15) is 0 Å². The van der Waals surface area contributed by atoms with Crippen molar-refractivity contribution in [3.8, 4) is 0 Å². The van der Waals surface area contributed by atoms with Crippen LogP contribution in [0, 0.1) is 5.92 Å². The van der Waals surface area contributed by atoms with Gasteiger partial charge in [-0.3, -0.25) is 4.68 Å². The Hall–Kier alpha value is -0.830. The molecule has 1 rings (SSSR count). The fourth-order valence-corrected chi connectivity index (χ4v) is 1.77. The smallest absolute Gasteiger partial charge is 0.0762 e. The van der Waals surface area contributed by atoms with E-state index in [1.165, 1.54) is 12.8 Å². The molecule has 1 N–H and O–H groups in total. The van der Waals surface area contributed by atoms with Gasteiger partial charge in [-0.25, -0.2) is 0 Å². The summed E-state index contributed by atoms with van der Waals surface area (Å²) in [5.74, 6) is 0.748.